The zero-order valence-electron chi connectivity index (χ0n) is 22.4. The van der Waals surface area contributed by atoms with Crippen LogP contribution in [0.25, 0.3) is 43.2 Å². The van der Waals surface area contributed by atoms with E-state index in [1.54, 1.807) is 30.5 Å². The largest absolute Gasteiger partial charge is 0.479 e. The van der Waals surface area contributed by atoms with Gasteiger partial charge in [-0.25, -0.2) is 9.78 Å². The van der Waals surface area contributed by atoms with E-state index in [0.717, 1.165) is 48.7 Å². The van der Waals surface area contributed by atoms with Crippen LogP contribution in [-0.4, -0.2) is 26.6 Å². The predicted molar refractivity (Wildman–Crippen MR) is 159 cm³/mol. The summed E-state index contributed by atoms with van der Waals surface area (Å²) in [5, 5.41) is 20.9. The molecule has 0 aliphatic rings. The van der Waals surface area contributed by atoms with Crippen molar-refractivity contribution in [2.24, 2.45) is 0 Å². The number of carboxylic acids is 1. The lowest BCUT2D eigenvalue weighted by Crippen LogP contribution is -2.28. The molecule has 0 spiro atoms. The molecule has 8 heteroatoms. The maximum Gasteiger partial charge on any atom is 0.337 e. The molecule has 1 N–H and O–H groups in total. The second kappa shape index (κ2) is 10.8. The topological polar surface area (TPSA) is 96.1 Å². The van der Waals surface area contributed by atoms with Crippen molar-refractivity contribution in [2.45, 2.75) is 39.4 Å². The number of rotatable bonds is 6. The summed E-state index contributed by atoms with van der Waals surface area (Å²) in [6.45, 7) is 7.42. The Hall–Kier alpha value is -4.09. The van der Waals surface area contributed by atoms with Crippen molar-refractivity contribution >= 4 is 39.1 Å². The van der Waals surface area contributed by atoms with Gasteiger partial charge < -0.3 is 9.84 Å². The van der Waals surface area contributed by atoms with Crippen molar-refractivity contribution in [3.05, 3.63) is 94.6 Å². The zero-order chi connectivity index (χ0) is 28.6. The normalized spacial score (nSPS) is 12.3. The quantitative estimate of drug-likeness (QED) is 0.221. The smallest absolute Gasteiger partial charge is 0.337 e. The Morgan fingerprint density at radius 2 is 1.80 bits per heavy atom. The van der Waals surface area contributed by atoms with Gasteiger partial charge >= 0.3 is 5.97 Å². The molecular formula is C32H26ClN3O3S. The lowest BCUT2D eigenvalue weighted by atomic mass is 9.91. The van der Waals surface area contributed by atoms with Crippen LogP contribution in [0.3, 0.4) is 0 Å². The first-order valence-corrected chi connectivity index (χ1v) is 13.8. The van der Waals surface area contributed by atoms with E-state index in [2.05, 4.69) is 11.1 Å². The zero-order valence-corrected chi connectivity index (χ0v) is 24.0. The highest BCUT2D eigenvalue weighted by Gasteiger charge is 2.32. The summed E-state index contributed by atoms with van der Waals surface area (Å²) >= 11 is 7.69. The molecule has 200 valence electrons. The van der Waals surface area contributed by atoms with E-state index in [4.69, 9.17) is 21.3 Å². The van der Waals surface area contributed by atoms with Gasteiger partial charge in [0, 0.05) is 33.5 Å². The lowest BCUT2D eigenvalue weighted by molar-refractivity contribution is -0.160. The van der Waals surface area contributed by atoms with E-state index in [-0.39, 0.29) is 0 Å². The lowest BCUT2D eigenvalue weighted by Gasteiger charge is -2.28. The average molecular weight is 568 g/mol. The van der Waals surface area contributed by atoms with E-state index in [9.17, 15) is 15.2 Å². The van der Waals surface area contributed by atoms with Crippen molar-refractivity contribution in [2.75, 3.05) is 0 Å². The average Bonchev–Trinajstić information content (AvgIpc) is 3.35. The number of aromatic nitrogens is 2. The van der Waals surface area contributed by atoms with Crippen LogP contribution in [0.4, 0.5) is 0 Å². The van der Waals surface area contributed by atoms with E-state index >= 15 is 0 Å². The van der Waals surface area contributed by atoms with E-state index < -0.39 is 17.7 Å². The second-order valence-electron chi connectivity index (χ2n) is 10.4. The molecule has 0 aliphatic carbocycles. The van der Waals surface area contributed by atoms with Crippen molar-refractivity contribution < 1.29 is 14.6 Å². The third-order valence-corrected chi connectivity index (χ3v) is 7.70. The number of hydrogen-bond acceptors (Lipinski definition) is 6. The van der Waals surface area contributed by atoms with Gasteiger partial charge in [0.2, 0.25) is 0 Å². The maximum absolute atomic E-state index is 12.6. The van der Waals surface area contributed by atoms with Gasteiger partial charge in [-0.1, -0.05) is 35.9 Å². The van der Waals surface area contributed by atoms with Gasteiger partial charge in [-0.2, -0.15) is 5.26 Å². The summed E-state index contributed by atoms with van der Waals surface area (Å²) < 4.78 is 6.96. The molecule has 0 saturated carbocycles. The number of aliphatic carboxylic acids is 1. The Labute approximate surface area is 241 Å². The minimum atomic E-state index is -1.18. The highest BCUT2D eigenvalue weighted by molar-refractivity contribution is 7.22. The van der Waals surface area contributed by atoms with Crippen LogP contribution in [0.2, 0.25) is 5.02 Å². The molecule has 1 unspecified atom stereocenters. The number of fused-ring (bicyclic) bond motifs is 1. The fraction of sp³-hybridized carbons (Fsp3) is 0.188. The molecule has 2 aromatic heterocycles. The molecule has 1 atom stereocenters. The molecule has 0 aliphatic heterocycles. The summed E-state index contributed by atoms with van der Waals surface area (Å²) in [6, 6.07) is 22.6. The van der Waals surface area contributed by atoms with Crippen LogP contribution in [0.1, 0.15) is 43.6 Å². The number of hydrogen-bond donors (Lipinski definition) is 1. The van der Waals surface area contributed by atoms with Gasteiger partial charge in [-0.15, -0.1) is 11.3 Å². The Bertz CT molecular complexity index is 1780. The van der Waals surface area contributed by atoms with Crippen LogP contribution >= 0.6 is 22.9 Å². The van der Waals surface area contributed by atoms with Crippen LogP contribution < -0.4 is 0 Å². The molecule has 6 nitrogen and oxygen atoms in total. The number of nitrogens with zero attached hydrogens (tertiary/aromatic N) is 3. The molecule has 5 aromatic rings. The third kappa shape index (κ3) is 5.61. The van der Waals surface area contributed by atoms with E-state index in [1.165, 1.54) is 11.3 Å². The first-order chi connectivity index (χ1) is 19.0. The second-order valence-corrected chi connectivity index (χ2v) is 11.9. The van der Waals surface area contributed by atoms with E-state index in [0.29, 0.717) is 16.1 Å². The number of thiazole rings is 1. The number of pyridine rings is 1. The van der Waals surface area contributed by atoms with Gasteiger partial charge in [0.25, 0.3) is 0 Å². The van der Waals surface area contributed by atoms with Crippen LogP contribution in [-0.2, 0) is 9.53 Å². The maximum atomic E-state index is 12.6. The molecule has 5 rings (SSSR count). The molecule has 2 heterocycles. The summed E-state index contributed by atoms with van der Waals surface area (Å²) in [7, 11) is 0. The number of halogens is 1. The molecule has 0 fully saturated rings. The van der Waals surface area contributed by atoms with Gasteiger partial charge in [0.05, 0.1) is 33.1 Å². The number of carboxylic acid groups (broad SMARTS) is 1. The minimum absolute atomic E-state index is 0.561. The molecule has 40 heavy (non-hydrogen) atoms. The molecule has 0 radical (unpaired) electrons. The fourth-order valence-corrected chi connectivity index (χ4v) is 5.88. The summed E-state index contributed by atoms with van der Waals surface area (Å²) in [5.41, 5.74) is 6.04. The van der Waals surface area contributed by atoms with Gasteiger partial charge in [0.15, 0.2) is 6.10 Å². The van der Waals surface area contributed by atoms with Crippen molar-refractivity contribution in [1.29, 1.82) is 5.26 Å². The van der Waals surface area contributed by atoms with Gasteiger partial charge in [-0.05, 0) is 81.3 Å². The third-order valence-electron chi connectivity index (χ3n) is 6.31. The van der Waals surface area contributed by atoms with Crippen LogP contribution in [0.15, 0.2) is 72.9 Å². The number of carbonyl (C=O) groups is 1. The molecule has 3 aromatic carbocycles. The van der Waals surface area contributed by atoms with Gasteiger partial charge in [0.1, 0.15) is 5.01 Å². The summed E-state index contributed by atoms with van der Waals surface area (Å²) in [5.74, 6) is -1.06. The van der Waals surface area contributed by atoms with Crippen molar-refractivity contribution in [3.63, 3.8) is 0 Å². The Morgan fingerprint density at radius 3 is 2.48 bits per heavy atom. The predicted octanol–water partition coefficient (Wildman–Crippen LogP) is 8.47. The molecule has 0 amide bonds. The standard InChI is InChI=1S/C32H26ClN3O3S/c1-18-14-25-29(27(20-8-10-23(33)11-9-20)26(18)28(31(37)38)39-32(2,3)4)40-30(36-25)22-12-13-35-24(16-22)21-7-5-6-19(15-21)17-34/h5-16,28H,1-4H3,(H,37,38). The minimum Gasteiger partial charge on any atom is -0.479 e. The number of nitriles is 1. The SMILES string of the molecule is Cc1cc2nc(-c3ccnc(-c4cccc(C#N)c4)c3)sc2c(-c2ccc(Cl)cc2)c1C(OC(C)(C)C)C(=O)O. The molecular weight excluding hydrogens is 542 g/mol. The Kier molecular flexibility index (Phi) is 7.43. The first-order valence-electron chi connectivity index (χ1n) is 12.6. The van der Waals surface area contributed by atoms with Crippen molar-refractivity contribution in [3.8, 4) is 39.0 Å². The fourth-order valence-electron chi connectivity index (χ4n) is 4.63. The summed E-state index contributed by atoms with van der Waals surface area (Å²) in [6.07, 6.45) is 0.546. The van der Waals surface area contributed by atoms with Crippen LogP contribution in [0.5, 0.6) is 0 Å². The monoisotopic (exact) mass is 567 g/mol. The Balaban J connectivity index is 1.73. The molecule has 0 bridgehead atoms. The first kappa shape index (κ1) is 27.5. The van der Waals surface area contributed by atoms with Crippen LogP contribution in [0, 0.1) is 18.3 Å². The Morgan fingerprint density at radius 1 is 1.05 bits per heavy atom. The summed E-state index contributed by atoms with van der Waals surface area (Å²) in [4.78, 5) is 22.0. The number of aryl methyl sites for hydroxylation is 1. The highest BCUT2D eigenvalue weighted by Crippen LogP contribution is 2.44. The molecule has 0 saturated heterocycles. The van der Waals surface area contributed by atoms with Gasteiger partial charge in [-0.3, -0.25) is 4.98 Å². The number of benzene rings is 3. The number of ether oxygens (including phenoxy) is 1. The van der Waals surface area contributed by atoms with Crippen molar-refractivity contribution in [1.82, 2.24) is 9.97 Å². The van der Waals surface area contributed by atoms with E-state index in [1.807, 2.05) is 70.2 Å². The highest BCUT2D eigenvalue weighted by atomic mass is 35.5.